The van der Waals surface area contributed by atoms with Gasteiger partial charge in [0.15, 0.2) is 0 Å². The fourth-order valence-electron chi connectivity index (χ4n) is 1.78. The van der Waals surface area contributed by atoms with Crippen LogP contribution in [-0.4, -0.2) is 12.5 Å². The monoisotopic (exact) mass is 281 g/mol. The molecule has 0 aliphatic carbocycles. The van der Waals surface area contributed by atoms with E-state index in [9.17, 15) is 4.79 Å². The molecule has 5 heteroatoms. The smallest absolute Gasteiger partial charge is 0.227 e. The van der Waals surface area contributed by atoms with E-state index in [1.54, 1.807) is 48.5 Å². The molecule has 0 bridgehead atoms. The number of rotatable bonds is 5. The normalized spacial score (nSPS) is 9.67. The Morgan fingerprint density at radius 3 is 2.81 bits per heavy atom. The number of nitrogens with two attached hydrogens (primary N) is 1. The lowest BCUT2D eigenvalue weighted by molar-refractivity contribution is -0.116. The molecular formula is C16H15N3O2. The minimum Gasteiger partial charge on any atom is -0.492 e. The SMILES string of the molecule is N#Cc1ccccc1OCCC(=O)Nc1cccc(N)c1. The molecule has 0 aromatic heterocycles. The Kier molecular flexibility index (Phi) is 4.78. The first-order valence-corrected chi connectivity index (χ1v) is 6.46. The molecule has 1 amide bonds. The van der Waals surface area contributed by atoms with Crippen molar-refractivity contribution in [3.05, 3.63) is 54.1 Å². The third-order valence-corrected chi connectivity index (χ3v) is 2.76. The maximum Gasteiger partial charge on any atom is 0.227 e. The standard InChI is InChI=1S/C16H15N3O2/c17-11-12-4-1-2-7-15(12)21-9-8-16(20)19-14-6-3-5-13(18)10-14/h1-7,10H,8-9,18H2,(H,19,20). The molecule has 0 radical (unpaired) electrons. The zero-order valence-electron chi connectivity index (χ0n) is 11.4. The van der Waals surface area contributed by atoms with Gasteiger partial charge in [-0.05, 0) is 30.3 Å². The van der Waals surface area contributed by atoms with Gasteiger partial charge in [0.05, 0.1) is 18.6 Å². The van der Waals surface area contributed by atoms with E-state index in [-0.39, 0.29) is 18.9 Å². The van der Waals surface area contributed by atoms with Crippen LogP contribution in [0.15, 0.2) is 48.5 Å². The van der Waals surface area contributed by atoms with Crippen LogP contribution in [0, 0.1) is 11.3 Å². The third-order valence-electron chi connectivity index (χ3n) is 2.76. The summed E-state index contributed by atoms with van der Waals surface area (Å²) < 4.78 is 5.45. The summed E-state index contributed by atoms with van der Waals surface area (Å²) in [7, 11) is 0. The van der Waals surface area contributed by atoms with Gasteiger partial charge in [0.25, 0.3) is 0 Å². The van der Waals surface area contributed by atoms with Gasteiger partial charge in [-0.3, -0.25) is 4.79 Å². The van der Waals surface area contributed by atoms with E-state index in [1.807, 2.05) is 6.07 Å². The topological polar surface area (TPSA) is 88.1 Å². The van der Waals surface area contributed by atoms with Crippen molar-refractivity contribution in [2.24, 2.45) is 0 Å². The predicted octanol–water partition coefficient (Wildman–Crippen LogP) is 2.55. The molecular weight excluding hydrogens is 266 g/mol. The van der Waals surface area contributed by atoms with Crippen LogP contribution in [0.3, 0.4) is 0 Å². The van der Waals surface area contributed by atoms with Gasteiger partial charge in [-0.1, -0.05) is 18.2 Å². The molecule has 0 aliphatic rings. The van der Waals surface area contributed by atoms with Crippen LogP contribution in [-0.2, 0) is 4.79 Å². The Hall–Kier alpha value is -3.00. The van der Waals surface area contributed by atoms with E-state index < -0.39 is 0 Å². The lowest BCUT2D eigenvalue weighted by Crippen LogP contribution is -2.15. The summed E-state index contributed by atoms with van der Waals surface area (Å²) in [4.78, 5) is 11.8. The van der Waals surface area contributed by atoms with E-state index in [2.05, 4.69) is 5.32 Å². The summed E-state index contributed by atoms with van der Waals surface area (Å²) in [6.45, 7) is 0.201. The Labute approximate surface area is 123 Å². The second kappa shape index (κ2) is 6.96. The molecule has 0 heterocycles. The van der Waals surface area contributed by atoms with Gasteiger partial charge in [0, 0.05) is 11.4 Å². The summed E-state index contributed by atoms with van der Waals surface area (Å²) in [5, 5.41) is 11.7. The fourth-order valence-corrected chi connectivity index (χ4v) is 1.78. The number of carbonyl (C=O) groups excluding carboxylic acids is 1. The maximum atomic E-state index is 11.8. The summed E-state index contributed by atoms with van der Waals surface area (Å²) >= 11 is 0. The highest BCUT2D eigenvalue weighted by molar-refractivity contribution is 5.91. The molecule has 2 aromatic rings. The molecule has 3 N–H and O–H groups in total. The first kappa shape index (κ1) is 14.4. The highest BCUT2D eigenvalue weighted by Gasteiger charge is 2.05. The molecule has 0 saturated heterocycles. The highest BCUT2D eigenvalue weighted by Crippen LogP contribution is 2.17. The van der Waals surface area contributed by atoms with Crippen LogP contribution in [0.4, 0.5) is 11.4 Å². The van der Waals surface area contributed by atoms with E-state index in [0.29, 0.717) is 22.7 Å². The highest BCUT2D eigenvalue weighted by atomic mass is 16.5. The Balaban J connectivity index is 1.83. The molecule has 2 aromatic carbocycles. The zero-order chi connectivity index (χ0) is 15.1. The fraction of sp³-hybridized carbons (Fsp3) is 0.125. The maximum absolute atomic E-state index is 11.8. The predicted molar refractivity (Wildman–Crippen MR) is 80.8 cm³/mol. The molecule has 0 fully saturated rings. The molecule has 2 rings (SSSR count). The first-order valence-electron chi connectivity index (χ1n) is 6.46. The van der Waals surface area contributed by atoms with Gasteiger partial charge >= 0.3 is 0 Å². The average Bonchev–Trinajstić information content (AvgIpc) is 2.47. The quantitative estimate of drug-likeness (QED) is 0.824. The Morgan fingerprint density at radius 1 is 1.24 bits per heavy atom. The van der Waals surface area contributed by atoms with Crippen molar-refractivity contribution in [1.82, 2.24) is 0 Å². The van der Waals surface area contributed by atoms with Crippen LogP contribution in [0.2, 0.25) is 0 Å². The van der Waals surface area contributed by atoms with Crippen LogP contribution in [0.25, 0.3) is 0 Å². The van der Waals surface area contributed by atoms with Crippen molar-refractivity contribution in [2.75, 3.05) is 17.7 Å². The number of para-hydroxylation sites is 1. The van der Waals surface area contributed by atoms with Gasteiger partial charge in [0.2, 0.25) is 5.91 Å². The number of nitriles is 1. The molecule has 0 saturated carbocycles. The molecule has 0 aliphatic heterocycles. The minimum absolute atomic E-state index is 0.171. The summed E-state index contributed by atoms with van der Waals surface area (Å²) in [6, 6.07) is 15.9. The van der Waals surface area contributed by atoms with Gasteiger partial charge in [0.1, 0.15) is 11.8 Å². The van der Waals surface area contributed by atoms with E-state index in [1.165, 1.54) is 0 Å². The van der Waals surface area contributed by atoms with Crippen LogP contribution < -0.4 is 15.8 Å². The molecule has 106 valence electrons. The van der Waals surface area contributed by atoms with Crippen molar-refractivity contribution < 1.29 is 9.53 Å². The van der Waals surface area contributed by atoms with Gasteiger partial charge < -0.3 is 15.8 Å². The summed E-state index contributed by atoms with van der Waals surface area (Å²) in [6.07, 6.45) is 0.189. The van der Waals surface area contributed by atoms with Crippen molar-refractivity contribution in [3.8, 4) is 11.8 Å². The van der Waals surface area contributed by atoms with Crippen molar-refractivity contribution in [1.29, 1.82) is 5.26 Å². The third kappa shape index (κ3) is 4.25. The number of nitrogen functional groups attached to an aromatic ring is 1. The second-order valence-electron chi connectivity index (χ2n) is 4.38. The van der Waals surface area contributed by atoms with Gasteiger partial charge in [-0.2, -0.15) is 5.26 Å². The molecule has 0 atom stereocenters. The van der Waals surface area contributed by atoms with Crippen molar-refractivity contribution >= 4 is 17.3 Å². The van der Waals surface area contributed by atoms with E-state index in [4.69, 9.17) is 15.7 Å². The molecule has 0 spiro atoms. The molecule has 5 nitrogen and oxygen atoms in total. The van der Waals surface area contributed by atoms with E-state index in [0.717, 1.165) is 0 Å². The minimum atomic E-state index is -0.171. The number of carbonyl (C=O) groups is 1. The van der Waals surface area contributed by atoms with E-state index >= 15 is 0 Å². The number of hydrogen-bond acceptors (Lipinski definition) is 4. The number of hydrogen-bond donors (Lipinski definition) is 2. The van der Waals surface area contributed by atoms with Crippen LogP contribution in [0.1, 0.15) is 12.0 Å². The summed E-state index contributed by atoms with van der Waals surface area (Å²) in [5.74, 6) is 0.312. The number of benzene rings is 2. The molecule has 21 heavy (non-hydrogen) atoms. The lowest BCUT2D eigenvalue weighted by atomic mass is 10.2. The number of amides is 1. The van der Waals surface area contributed by atoms with Gasteiger partial charge in [-0.25, -0.2) is 0 Å². The Morgan fingerprint density at radius 2 is 2.05 bits per heavy atom. The molecule has 0 unspecified atom stereocenters. The first-order chi connectivity index (χ1) is 10.2. The largest absolute Gasteiger partial charge is 0.492 e. The second-order valence-corrected chi connectivity index (χ2v) is 4.38. The van der Waals surface area contributed by atoms with Crippen molar-refractivity contribution in [3.63, 3.8) is 0 Å². The van der Waals surface area contributed by atoms with Crippen LogP contribution >= 0.6 is 0 Å². The zero-order valence-corrected chi connectivity index (χ0v) is 11.4. The number of nitrogens with one attached hydrogen (secondary N) is 1. The number of nitrogens with zero attached hydrogens (tertiary/aromatic N) is 1. The number of ether oxygens (including phenoxy) is 1. The van der Waals surface area contributed by atoms with Crippen molar-refractivity contribution in [2.45, 2.75) is 6.42 Å². The Bertz CT molecular complexity index is 677. The summed E-state index contributed by atoms with van der Waals surface area (Å²) in [5.41, 5.74) is 7.33. The average molecular weight is 281 g/mol. The van der Waals surface area contributed by atoms with Crippen LogP contribution in [0.5, 0.6) is 5.75 Å². The lowest BCUT2D eigenvalue weighted by Gasteiger charge is -2.08. The number of anilines is 2. The van der Waals surface area contributed by atoms with Gasteiger partial charge in [-0.15, -0.1) is 0 Å².